The highest BCUT2D eigenvalue weighted by atomic mass is 16.6. The lowest BCUT2D eigenvalue weighted by Crippen LogP contribution is -2.51. The molecule has 1 N–H and O–H groups in total. The van der Waals surface area contributed by atoms with E-state index < -0.39 is 0 Å². The molecule has 0 saturated heterocycles. The molecule has 230 valence electrons. The summed E-state index contributed by atoms with van der Waals surface area (Å²) in [5.41, 5.74) is 2.45. The van der Waals surface area contributed by atoms with Gasteiger partial charge in [0.05, 0.1) is 0 Å². The van der Waals surface area contributed by atoms with Crippen LogP contribution in [-0.2, 0) is 4.74 Å². The highest BCUT2D eigenvalue weighted by Gasteiger charge is 2.59. The van der Waals surface area contributed by atoms with Crippen molar-refractivity contribution in [3.63, 3.8) is 0 Å². The number of carbonyl (C=O) groups excluding carboxylic acids is 1. The molecule has 40 heavy (non-hydrogen) atoms. The van der Waals surface area contributed by atoms with Gasteiger partial charge in [-0.15, -0.1) is 6.58 Å². The molecule has 0 spiro atoms. The van der Waals surface area contributed by atoms with Crippen molar-refractivity contribution < 1.29 is 11.0 Å². The minimum Gasteiger partial charge on any atom is -0.446 e. The highest BCUT2D eigenvalue weighted by Crippen LogP contribution is 2.67. The van der Waals surface area contributed by atoms with Gasteiger partial charge in [0, 0.05) is 14.4 Å². The summed E-state index contributed by atoms with van der Waals surface area (Å²) in [6.45, 7) is 22.6. The Morgan fingerprint density at radius 1 is 1.10 bits per heavy atom. The zero-order valence-electron chi connectivity index (χ0n) is 27.4. The van der Waals surface area contributed by atoms with E-state index in [0.717, 1.165) is 48.3 Å². The minimum atomic E-state index is -0.260. The summed E-state index contributed by atoms with van der Waals surface area (Å²) in [5, 5.41) is 2.91. The van der Waals surface area contributed by atoms with Gasteiger partial charge in [0.2, 0.25) is 0 Å². The van der Waals surface area contributed by atoms with Crippen molar-refractivity contribution >= 4 is 6.09 Å². The molecule has 0 bridgehead atoms. The van der Waals surface area contributed by atoms with Gasteiger partial charge in [-0.25, -0.2) is 4.79 Å². The third kappa shape index (κ3) is 7.65. The van der Waals surface area contributed by atoms with E-state index in [9.17, 15) is 4.79 Å². The van der Waals surface area contributed by atoms with Gasteiger partial charge in [0.25, 0.3) is 0 Å². The lowest BCUT2D eigenvalue weighted by molar-refractivity contribution is -0.0581. The van der Waals surface area contributed by atoms with E-state index in [1.807, 2.05) is 13.0 Å². The number of hydrogen-bond donors (Lipinski definition) is 1. The number of ether oxygens (including phenoxy) is 1. The molecule has 0 radical (unpaired) electrons. The molecule has 0 aromatic rings. The number of alkyl carbamates (subject to hydrolysis) is 1. The Hall–Kier alpha value is -1.51. The second-order valence-electron chi connectivity index (χ2n) is 15.0. The van der Waals surface area contributed by atoms with Gasteiger partial charge >= 0.3 is 6.09 Å². The molecule has 0 aromatic carbocycles. The molecule has 0 heterocycles. The van der Waals surface area contributed by atoms with Crippen molar-refractivity contribution in [3.8, 4) is 0 Å². The number of allylic oxidation sites excluding steroid dienone is 3. The molecule has 0 aromatic heterocycles. The Morgan fingerprint density at radius 3 is 2.50 bits per heavy atom. The van der Waals surface area contributed by atoms with E-state index in [4.69, 9.17) is 4.74 Å². The molecule has 3 unspecified atom stereocenters. The van der Waals surface area contributed by atoms with Crippen LogP contribution in [-0.4, -0.2) is 18.7 Å². The SMILES string of the molecule is C=CC.CC(C)/C=C/CNC(=O)O[C@H]1CC[C@@]2(C)C(=CCC3C2CC[C@@]2(C)C3CC[C@@H]2[C@H](C)CCCC(C)C)C1.[HH]. The van der Waals surface area contributed by atoms with Gasteiger partial charge in [-0.05, 0) is 104 Å². The first-order valence-electron chi connectivity index (χ1n) is 16.8. The summed E-state index contributed by atoms with van der Waals surface area (Å²) in [6, 6.07) is 0. The Balaban J connectivity index is 0.00000141. The quantitative estimate of drug-likeness (QED) is 0.287. The van der Waals surface area contributed by atoms with Crippen LogP contribution in [0.25, 0.3) is 0 Å². The molecule has 3 fully saturated rings. The van der Waals surface area contributed by atoms with Crippen molar-refractivity contribution in [2.45, 2.75) is 132 Å². The van der Waals surface area contributed by atoms with Gasteiger partial charge in [0.15, 0.2) is 0 Å². The van der Waals surface area contributed by atoms with Crippen LogP contribution in [0.1, 0.15) is 127 Å². The lowest BCUT2D eigenvalue weighted by atomic mass is 9.47. The summed E-state index contributed by atoms with van der Waals surface area (Å²) in [6.07, 6.45) is 22.6. The molecular formula is C37H65NO2. The molecule has 3 nitrogen and oxygen atoms in total. The molecule has 8 atom stereocenters. The number of carbonyl (C=O) groups is 1. The average Bonchev–Trinajstić information content (AvgIpc) is 3.24. The molecule has 4 aliphatic carbocycles. The van der Waals surface area contributed by atoms with Crippen molar-refractivity contribution in [2.24, 2.45) is 52.3 Å². The van der Waals surface area contributed by atoms with Crippen LogP contribution < -0.4 is 5.32 Å². The zero-order valence-corrected chi connectivity index (χ0v) is 27.4. The summed E-state index contributed by atoms with van der Waals surface area (Å²) in [4.78, 5) is 12.4. The van der Waals surface area contributed by atoms with E-state index in [1.54, 1.807) is 11.6 Å². The molecule has 0 aliphatic heterocycles. The van der Waals surface area contributed by atoms with Crippen LogP contribution in [0.5, 0.6) is 0 Å². The molecule has 3 heteroatoms. The smallest absolute Gasteiger partial charge is 0.407 e. The summed E-state index contributed by atoms with van der Waals surface area (Å²) < 4.78 is 5.88. The van der Waals surface area contributed by atoms with E-state index in [0.29, 0.717) is 23.3 Å². The number of amides is 1. The number of hydrogen-bond acceptors (Lipinski definition) is 2. The summed E-state index contributed by atoms with van der Waals surface area (Å²) in [5.74, 6) is 5.70. The standard InChI is InChI=1S/C34H57NO2.C3H6.H2/c1-23(2)10-8-12-25(5)29-15-16-30-28-14-13-26-22-27(37-32(36)35-21-9-11-24(3)4)17-19-33(26,6)31(28)18-20-34(29,30)7;1-3-2;/h9,11,13,23-25,27-31H,8,10,12,14-22H2,1-7H3,(H,35,36);3H,1H2,2H3;1H/b11-9+;;/t25-,27+,28?,29-,30?,31?,33+,34-;;/m1../s1. The van der Waals surface area contributed by atoms with Gasteiger partial charge < -0.3 is 10.1 Å². The highest BCUT2D eigenvalue weighted by molar-refractivity contribution is 5.67. The Bertz CT molecular complexity index is 893. The minimum absolute atomic E-state index is 0. The number of nitrogens with one attached hydrogen (secondary N) is 1. The van der Waals surface area contributed by atoms with Gasteiger partial charge in [0.1, 0.15) is 6.10 Å². The van der Waals surface area contributed by atoms with Crippen molar-refractivity contribution in [1.82, 2.24) is 5.32 Å². The van der Waals surface area contributed by atoms with E-state index in [2.05, 4.69) is 72.5 Å². The largest absolute Gasteiger partial charge is 0.446 e. The van der Waals surface area contributed by atoms with Crippen LogP contribution in [0.3, 0.4) is 0 Å². The lowest BCUT2D eigenvalue weighted by Gasteiger charge is -2.58. The maximum atomic E-state index is 12.4. The molecule has 1 amide bonds. The molecule has 4 aliphatic rings. The monoisotopic (exact) mass is 556 g/mol. The fourth-order valence-corrected chi connectivity index (χ4v) is 9.43. The zero-order chi connectivity index (χ0) is 29.5. The van der Waals surface area contributed by atoms with Crippen molar-refractivity contribution in [1.29, 1.82) is 0 Å². The second kappa shape index (κ2) is 14.6. The average molecular weight is 556 g/mol. The van der Waals surface area contributed by atoms with Crippen LogP contribution in [0, 0.1) is 52.3 Å². The predicted octanol–water partition coefficient (Wildman–Crippen LogP) is 10.8. The van der Waals surface area contributed by atoms with Gasteiger partial charge in [-0.2, -0.15) is 0 Å². The predicted molar refractivity (Wildman–Crippen MR) is 173 cm³/mol. The fraction of sp³-hybridized carbons (Fsp3) is 0.811. The maximum Gasteiger partial charge on any atom is 0.407 e. The maximum absolute atomic E-state index is 12.4. The normalized spacial score (nSPS) is 35.6. The van der Waals surface area contributed by atoms with E-state index in [1.165, 1.54) is 57.8 Å². The fourth-order valence-electron chi connectivity index (χ4n) is 9.43. The van der Waals surface area contributed by atoms with Crippen LogP contribution >= 0.6 is 0 Å². The molecule has 3 saturated carbocycles. The topological polar surface area (TPSA) is 38.3 Å². The molecular weight excluding hydrogens is 490 g/mol. The Kier molecular flexibility index (Phi) is 12.0. The van der Waals surface area contributed by atoms with Crippen molar-refractivity contribution in [3.05, 3.63) is 36.5 Å². The Labute approximate surface area is 249 Å². The third-order valence-corrected chi connectivity index (χ3v) is 11.4. The Morgan fingerprint density at radius 2 is 1.82 bits per heavy atom. The first-order valence-corrected chi connectivity index (χ1v) is 16.8. The first-order chi connectivity index (χ1) is 19.0. The summed E-state index contributed by atoms with van der Waals surface area (Å²) >= 11 is 0. The van der Waals surface area contributed by atoms with Crippen molar-refractivity contribution in [2.75, 3.05) is 6.54 Å². The van der Waals surface area contributed by atoms with E-state index >= 15 is 0 Å². The molecule has 4 rings (SSSR count). The first kappa shape index (κ1) is 33.0. The van der Waals surface area contributed by atoms with Gasteiger partial charge in [-0.3, -0.25) is 0 Å². The third-order valence-electron chi connectivity index (χ3n) is 11.4. The second-order valence-corrected chi connectivity index (χ2v) is 15.0. The van der Waals surface area contributed by atoms with Crippen LogP contribution in [0.15, 0.2) is 36.5 Å². The summed E-state index contributed by atoms with van der Waals surface area (Å²) in [7, 11) is 0. The van der Waals surface area contributed by atoms with Crippen LogP contribution in [0.4, 0.5) is 4.79 Å². The number of rotatable bonds is 9. The van der Waals surface area contributed by atoms with Crippen LogP contribution in [0.2, 0.25) is 0 Å². The number of fused-ring (bicyclic) bond motifs is 5. The van der Waals surface area contributed by atoms with E-state index in [-0.39, 0.29) is 13.6 Å². The van der Waals surface area contributed by atoms with Gasteiger partial charge in [-0.1, -0.05) is 97.6 Å².